The van der Waals surface area contributed by atoms with Gasteiger partial charge in [0.1, 0.15) is 0 Å². The van der Waals surface area contributed by atoms with Crippen LogP contribution < -0.4 is 0 Å². The van der Waals surface area contributed by atoms with Gasteiger partial charge >= 0.3 is 5.97 Å². The SMILES string of the molecule is CCCCC(C(=O)OC)C1(O)CC(C)CCC1C. The lowest BCUT2D eigenvalue weighted by Gasteiger charge is -2.45. The van der Waals surface area contributed by atoms with E-state index in [1.54, 1.807) is 0 Å². The zero-order valence-corrected chi connectivity index (χ0v) is 12.2. The van der Waals surface area contributed by atoms with Gasteiger partial charge in [-0.1, -0.05) is 40.0 Å². The van der Waals surface area contributed by atoms with Crippen molar-refractivity contribution >= 4 is 5.97 Å². The van der Waals surface area contributed by atoms with E-state index in [1.807, 2.05) is 0 Å². The second-order valence-electron chi connectivity index (χ2n) is 6.00. The van der Waals surface area contributed by atoms with E-state index in [1.165, 1.54) is 7.11 Å². The molecule has 0 amide bonds. The van der Waals surface area contributed by atoms with Gasteiger partial charge in [0.15, 0.2) is 0 Å². The maximum Gasteiger partial charge on any atom is 0.311 e. The molecule has 1 N–H and O–H groups in total. The van der Waals surface area contributed by atoms with Crippen LogP contribution in [-0.4, -0.2) is 23.8 Å². The highest BCUT2D eigenvalue weighted by Crippen LogP contribution is 2.43. The van der Waals surface area contributed by atoms with E-state index in [0.29, 0.717) is 5.92 Å². The van der Waals surface area contributed by atoms with Crippen LogP contribution in [-0.2, 0) is 9.53 Å². The molecule has 3 nitrogen and oxygen atoms in total. The number of unbranched alkanes of at least 4 members (excludes halogenated alkanes) is 1. The van der Waals surface area contributed by atoms with Crippen molar-refractivity contribution in [2.24, 2.45) is 17.8 Å². The normalized spacial score (nSPS) is 34.1. The Kier molecular flexibility index (Phi) is 5.64. The molecule has 0 saturated heterocycles. The number of esters is 1. The van der Waals surface area contributed by atoms with Crippen molar-refractivity contribution in [1.82, 2.24) is 0 Å². The Morgan fingerprint density at radius 3 is 2.67 bits per heavy atom. The molecule has 0 bridgehead atoms. The molecule has 1 fully saturated rings. The topological polar surface area (TPSA) is 46.5 Å². The molecule has 1 saturated carbocycles. The van der Waals surface area contributed by atoms with Gasteiger partial charge in [0, 0.05) is 0 Å². The Hall–Kier alpha value is -0.570. The maximum absolute atomic E-state index is 12.0. The second kappa shape index (κ2) is 6.55. The number of methoxy groups -OCH3 is 1. The molecule has 4 unspecified atom stereocenters. The smallest absolute Gasteiger partial charge is 0.311 e. The predicted octanol–water partition coefficient (Wildman–Crippen LogP) is 3.15. The molecule has 0 aromatic rings. The standard InChI is InChI=1S/C15H28O3/c1-5-6-7-13(14(16)18-4)15(17)10-11(2)8-9-12(15)3/h11-13,17H,5-10H2,1-4H3. The average Bonchev–Trinajstić information content (AvgIpc) is 2.34. The highest BCUT2D eigenvalue weighted by molar-refractivity contribution is 5.73. The lowest BCUT2D eigenvalue weighted by molar-refractivity contribution is -0.167. The second-order valence-corrected chi connectivity index (χ2v) is 6.00. The van der Waals surface area contributed by atoms with E-state index in [9.17, 15) is 9.90 Å². The quantitative estimate of drug-likeness (QED) is 0.769. The first-order valence-electron chi connectivity index (χ1n) is 7.25. The summed E-state index contributed by atoms with van der Waals surface area (Å²) in [7, 11) is 1.42. The molecular weight excluding hydrogens is 228 g/mol. The zero-order valence-electron chi connectivity index (χ0n) is 12.2. The number of carbonyl (C=O) groups is 1. The van der Waals surface area contributed by atoms with Crippen molar-refractivity contribution in [3.05, 3.63) is 0 Å². The van der Waals surface area contributed by atoms with Gasteiger partial charge < -0.3 is 9.84 Å². The lowest BCUT2D eigenvalue weighted by Crippen LogP contribution is -2.51. The summed E-state index contributed by atoms with van der Waals surface area (Å²) in [6.45, 7) is 6.32. The van der Waals surface area contributed by atoms with Crippen LogP contribution in [0.2, 0.25) is 0 Å². The predicted molar refractivity (Wildman–Crippen MR) is 72.2 cm³/mol. The molecule has 4 atom stereocenters. The summed E-state index contributed by atoms with van der Waals surface area (Å²) in [5, 5.41) is 11.0. The third-order valence-corrected chi connectivity index (χ3v) is 4.56. The summed E-state index contributed by atoms with van der Waals surface area (Å²) >= 11 is 0. The molecule has 1 aliphatic carbocycles. The van der Waals surface area contributed by atoms with E-state index in [4.69, 9.17) is 4.74 Å². The van der Waals surface area contributed by atoms with Crippen LogP contribution in [0.4, 0.5) is 0 Å². The monoisotopic (exact) mass is 256 g/mol. The Balaban J connectivity index is 2.89. The van der Waals surface area contributed by atoms with Crippen molar-refractivity contribution in [2.75, 3.05) is 7.11 Å². The van der Waals surface area contributed by atoms with Gasteiger partial charge in [-0.2, -0.15) is 0 Å². The summed E-state index contributed by atoms with van der Waals surface area (Å²) in [5.74, 6) is 0.0572. The van der Waals surface area contributed by atoms with Crippen LogP contribution in [0.1, 0.15) is 59.3 Å². The number of hydrogen-bond donors (Lipinski definition) is 1. The van der Waals surface area contributed by atoms with Crippen molar-refractivity contribution in [3.63, 3.8) is 0 Å². The molecule has 1 aliphatic rings. The van der Waals surface area contributed by atoms with Gasteiger partial charge in [-0.25, -0.2) is 0 Å². The minimum Gasteiger partial charge on any atom is -0.469 e. The summed E-state index contributed by atoms with van der Waals surface area (Å²) in [6, 6.07) is 0. The summed E-state index contributed by atoms with van der Waals surface area (Å²) < 4.78 is 4.91. The van der Waals surface area contributed by atoms with Gasteiger partial charge in [0.2, 0.25) is 0 Å². The number of hydrogen-bond acceptors (Lipinski definition) is 3. The molecule has 1 rings (SSSR count). The zero-order chi connectivity index (χ0) is 13.8. The molecule has 0 aromatic heterocycles. The molecule has 0 spiro atoms. The number of carbonyl (C=O) groups excluding carboxylic acids is 1. The van der Waals surface area contributed by atoms with Gasteiger partial charge in [-0.3, -0.25) is 4.79 Å². The van der Waals surface area contributed by atoms with Gasteiger partial charge in [0.25, 0.3) is 0 Å². The van der Waals surface area contributed by atoms with Crippen LogP contribution in [0.3, 0.4) is 0 Å². The highest BCUT2D eigenvalue weighted by atomic mass is 16.5. The van der Waals surface area contributed by atoms with Gasteiger partial charge in [-0.15, -0.1) is 0 Å². The van der Waals surface area contributed by atoms with Crippen molar-refractivity contribution in [1.29, 1.82) is 0 Å². The molecule has 3 heteroatoms. The number of ether oxygens (including phenoxy) is 1. The number of rotatable bonds is 5. The summed E-state index contributed by atoms with van der Waals surface area (Å²) in [6.07, 6.45) is 5.59. The van der Waals surface area contributed by atoms with E-state index < -0.39 is 5.60 Å². The average molecular weight is 256 g/mol. The van der Waals surface area contributed by atoms with E-state index in [0.717, 1.165) is 38.5 Å². The first-order valence-corrected chi connectivity index (χ1v) is 7.25. The molecular formula is C15H28O3. The summed E-state index contributed by atoms with van der Waals surface area (Å²) in [4.78, 5) is 12.0. The van der Waals surface area contributed by atoms with Crippen molar-refractivity contribution in [2.45, 2.75) is 64.9 Å². The van der Waals surface area contributed by atoms with Crippen LogP contribution in [0.25, 0.3) is 0 Å². The van der Waals surface area contributed by atoms with Crippen LogP contribution in [0, 0.1) is 17.8 Å². The molecule has 0 aliphatic heterocycles. The minimum absolute atomic E-state index is 0.176. The lowest BCUT2D eigenvalue weighted by atomic mass is 9.65. The Morgan fingerprint density at radius 2 is 2.11 bits per heavy atom. The van der Waals surface area contributed by atoms with E-state index >= 15 is 0 Å². The minimum atomic E-state index is -0.875. The Morgan fingerprint density at radius 1 is 1.44 bits per heavy atom. The Bertz CT molecular complexity index is 277. The third-order valence-electron chi connectivity index (χ3n) is 4.56. The van der Waals surface area contributed by atoms with Crippen molar-refractivity contribution < 1.29 is 14.6 Å². The molecule has 18 heavy (non-hydrogen) atoms. The number of aliphatic hydroxyl groups is 1. The fourth-order valence-corrected chi connectivity index (χ4v) is 3.25. The van der Waals surface area contributed by atoms with Crippen molar-refractivity contribution in [3.8, 4) is 0 Å². The fraction of sp³-hybridized carbons (Fsp3) is 0.933. The fourth-order valence-electron chi connectivity index (χ4n) is 3.25. The van der Waals surface area contributed by atoms with E-state index in [2.05, 4.69) is 20.8 Å². The molecule has 0 radical (unpaired) electrons. The molecule has 0 aromatic carbocycles. The third kappa shape index (κ3) is 3.25. The maximum atomic E-state index is 12.0. The van der Waals surface area contributed by atoms with Crippen LogP contribution in [0.5, 0.6) is 0 Å². The van der Waals surface area contributed by atoms with Gasteiger partial charge in [0.05, 0.1) is 18.6 Å². The van der Waals surface area contributed by atoms with Crippen LogP contribution in [0.15, 0.2) is 0 Å². The van der Waals surface area contributed by atoms with Crippen LogP contribution >= 0.6 is 0 Å². The molecule has 106 valence electrons. The first-order chi connectivity index (χ1) is 8.45. The Labute approximate surface area is 111 Å². The van der Waals surface area contributed by atoms with E-state index in [-0.39, 0.29) is 17.8 Å². The largest absolute Gasteiger partial charge is 0.469 e. The van der Waals surface area contributed by atoms with Gasteiger partial charge in [-0.05, 0) is 31.1 Å². The summed E-state index contributed by atoms with van der Waals surface area (Å²) in [5.41, 5.74) is -0.875. The first kappa shape index (κ1) is 15.5. The molecule has 0 heterocycles. The highest BCUT2D eigenvalue weighted by Gasteiger charge is 2.48.